The highest BCUT2D eigenvalue weighted by atomic mass is 19.4. The first kappa shape index (κ1) is 33.8. The number of carboxylic acid groups (broad SMARTS) is 2. The van der Waals surface area contributed by atoms with Gasteiger partial charge < -0.3 is 19.7 Å². The standard InChI is InChI=1S/C24H24N4O2.2C2HF3O2/c1-29-20-7-2-6-19(13-20)21-8-3-9-22-24(26-17-28(21)22)23-16-27(11-12-30-23)15-18-5-4-10-25-14-18;2*3-2(4,5)1(6)7/h2-10,13-14,17,23H,11-12,15-16H2,1H3;2*(H,6,7). The van der Waals surface area contributed by atoms with Gasteiger partial charge in [-0.1, -0.05) is 24.3 Å². The Morgan fingerprint density at radius 1 is 1.00 bits per heavy atom. The third-order valence-electron chi connectivity index (χ3n) is 6.04. The van der Waals surface area contributed by atoms with Gasteiger partial charge in [0.15, 0.2) is 0 Å². The Hall–Kier alpha value is -4.70. The Morgan fingerprint density at radius 3 is 2.25 bits per heavy atom. The fourth-order valence-electron chi connectivity index (χ4n) is 4.07. The van der Waals surface area contributed by atoms with Crippen LogP contribution in [0.2, 0.25) is 0 Å². The van der Waals surface area contributed by atoms with Crippen molar-refractivity contribution in [3.8, 4) is 17.0 Å². The van der Waals surface area contributed by atoms with E-state index in [1.54, 1.807) is 7.11 Å². The van der Waals surface area contributed by atoms with Crippen molar-refractivity contribution in [3.63, 3.8) is 0 Å². The predicted octanol–water partition coefficient (Wildman–Crippen LogP) is 5.25. The maximum Gasteiger partial charge on any atom is 0.490 e. The van der Waals surface area contributed by atoms with Crippen LogP contribution in [-0.2, 0) is 20.9 Å². The van der Waals surface area contributed by atoms with Crippen LogP contribution in [0.1, 0.15) is 17.4 Å². The van der Waals surface area contributed by atoms with Crippen LogP contribution >= 0.6 is 0 Å². The molecule has 5 rings (SSSR count). The molecule has 44 heavy (non-hydrogen) atoms. The molecule has 4 aromatic rings. The van der Waals surface area contributed by atoms with Gasteiger partial charge in [-0.15, -0.1) is 0 Å². The summed E-state index contributed by atoms with van der Waals surface area (Å²) in [5.41, 5.74) is 5.44. The number of morpholine rings is 1. The van der Waals surface area contributed by atoms with Gasteiger partial charge in [-0.3, -0.25) is 14.3 Å². The third-order valence-corrected chi connectivity index (χ3v) is 6.04. The second kappa shape index (κ2) is 14.7. The van der Waals surface area contributed by atoms with Crippen molar-refractivity contribution in [2.24, 2.45) is 0 Å². The number of alkyl halides is 6. The highest BCUT2D eigenvalue weighted by Crippen LogP contribution is 2.30. The molecule has 1 fully saturated rings. The molecule has 0 bridgehead atoms. The van der Waals surface area contributed by atoms with Gasteiger partial charge in [-0.25, -0.2) is 14.6 Å². The number of rotatable bonds is 5. The zero-order valence-corrected chi connectivity index (χ0v) is 22.9. The minimum atomic E-state index is -5.08. The maximum absolute atomic E-state index is 10.6. The molecule has 2 N–H and O–H groups in total. The first-order valence-corrected chi connectivity index (χ1v) is 12.6. The lowest BCUT2D eigenvalue weighted by molar-refractivity contribution is -0.193. The van der Waals surface area contributed by atoms with E-state index in [1.807, 2.05) is 43.0 Å². The van der Waals surface area contributed by atoms with Gasteiger partial charge in [0.2, 0.25) is 0 Å². The Morgan fingerprint density at radius 2 is 1.66 bits per heavy atom. The molecule has 0 amide bonds. The van der Waals surface area contributed by atoms with Gasteiger partial charge in [0.05, 0.1) is 30.6 Å². The lowest BCUT2D eigenvalue weighted by atomic mass is 10.1. The predicted molar refractivity (Wildman–Crippen MR) is 143 cm³/mol. The largest absolute Gasteiger partial charge is 0.497 e. The Balaban J connectivity index is 0.000000317. The Bertz CT molecular complexity index is 1520. The Kier molecular flexibility index (Phi) is 11.3. The van der Waals surface area contributed by atoms with E-state index in [0.29, 0.717) is 6.61 Å². The van der Waals surface area contributed by atoms with Gasteiger partial charge in [-0.05, 0) is 35.9 Å². The number of benzene rings is 1. The summed E-state index contributed by atoms with van der Waals surface area (Å²) >= 11 is 0. The van der Waals surface area contributed by atoms with Gasteiger partial charge in [0.25, 0.3) is 0 Å². The van der Waals surface area contributed by atoms with Crippen LogP contribution in [0.15, 0.2) is 73.3 Å². The monoisotopic (exact) mass is 628 g/mol. The molecule has 0 saturated carbocycles. The molecule has 236 valence electrons. The number of ether oxygens (including phenoxy) is 2. The molecule has 4 heterocycles. The molecule has 1 aliphatic rings. The molecule has 1 aromatic carbocycles. The summed E-state index contributed by atoms with van der Waals surface area (Å²) in [7, 11) is 1.69. The zero-order chi connectivity index (χ0) is 32.5. The van der Waals surface area contributed by atoms with E-state index in [4.69, 9.17) is 34.3 Å². The van der Waals surface area contributed by atoms with E-state index in [1.165, 1.54) is 5.56 Å². The van der Waals surface area contributed by atoms with Crippen molar-refractivity contribution >= 4 is 17.5 Å². The number of fused-ring (bicyclic) bond motifs is 1. The minimum absolute atomic E-state index is 0.0546. The third kappa shape index (κ3) is 9.40. The summed E-state index contributed by atoms with van der Waals surface area (Å²) in [4.78, 5) is 29.2. The molecule has 16 heteroatoms. The average Bonchev–Trinajstić information content (AvgIpc) is 3.42. The second-order valence-electron chi connectivity index (χ2n) is 9.09. The quantitative estimate of drug-likeness (QED) is 0.285. The first-order valence-electron chi connectivity index (χ1n) is 12.6. The molecule has 0 radical (unpaired) electrons. The first-order chi connectivity index (χ1) is 20.7. The molecule has 3 aromatic heterocycles. The summed E-state index contributed by atoms with van der Waals surface area (Å²) in [6.45, 7) is 3.28. The molecule has 0 aliphatic carbocycles. The summed E-state index contributed by atoms with van der Waals surface area (Å²) in [6, 6.07) is 18.5. The SMILES string of the molecule is COc1cccc(-c2cccc3c(C4CN(Cc5cccnc5)CCO4)ncn23)c1.O=C(O)C(F)(F)F.O=C(O)C(F)(F)F. The summed E-state index contributed by atoms with van der Waals surface area (Å²) in [5.74, 6) is -4.67. The van der Waals surface area contributed by atoms with E-state index in [0.717, 1.165) is 47.9 Å². The van der Waals surface area contributed by atoms with Crippen LogP contribution in [0.25, 0.3) is 16.8 Å². The number of pyridine rings is 2. The van der Waals surface area contributed by atoms with Gasteiger partial charge in [0.1, 0.15) is 18.2 Å². The number of hydrogen-bond acceptors (Lipinski definition) is 7. The number of imidazole rings is 1. The topological polar surface area (TPSA) is 126 Å². The number of hydrogen-bond donors (Lipinski definition) is 2. The summed E-state index contributed by atoms with van der Waals surface area (Å²) < 4.78 is 77.1. The molecular weight excluding hydrogens is 602 g/mol. The fourth-order valence-corrected chi connectivity index (χ4v) is 4.07. The highest BCUT2D eigenvalue weighted by Gasteiger charge is 2.38. The zero-order valence-electron chi connectivity index (χ0n) is 22.9. The number of carboxylic acids is 2. The van der Waals surface area contributed by atoms with Crippen LogP contribution in [0.5, 0.6) is 5.75 Å². The normalized spacial score (nSPS) is 15.4. The second-order valence-corrected chi connectivity index (χ2v) is 9.09. The molecule has 1 atom stereocenters. The molecule has 10 nitrogen and oxygen atoms in total. The van der Waals surface area contributed by atoms with E-state index in [9.17, 15) is 26.3 Å². The number of nitrogens with zero attached hydrogens (tertiary/aromatic N) is 4. The maximum atomic E-state index is 10.6. The number of aromatic nitrogens is 3. The van der Waals surface area contributed by atoms with Crippen molar-refractivity contribution in [2.75, 3.05) is 26.8 Å². The number of carbonyl (C=O) groups is 2. The summed E-state index contributed by atoms with van der Waals surface area (Å²) in [6.07, 6.45) is -4.59. The van der Waals surface area contributed by atoms with Crippen molar-refractivity contribution in [1.29, 1.82) is 0 Å². The molecule has 0 spiro atoms. The van der Waals surface area contributed by atoms with E-state index < -0.39 is 24.3 Å². The van der Waals surface area contributed by atoms with Crippen molar-refractivity contribution in [1.82, 2.24) is 19.3 Å². The van der Waals surface area contributed by atoms with Gasteiger partial charge >= 0.3 is 24.3 Å². The van der Waals surface area contributed by atoms with E-state index in [-0.39, 0.29) is 6.10 Å². The lowest BCUT2D eigenvalue weighted by Crippen LogP contribution is -2.38. The van der Waals surface area contributed by atoms with Crippen LogP contribution < -0.4 is 4.74 Å². The number of aliphatic carboxylic acids is 2. The van der Waals surface area contributed by atoms with Crippen molar-refractivity contribution in [2.45, 2.75) is 25.0 Å². The molecule has 1 aliphatic heterocycles. The fraction of sp³-hybridized carbons (Fsp3) is 0.286. The minimum Gasteiger partial charge on any atom is -0.497 e. The summed E-state index contributed by atoms with van der Waals surface area (Å²) in [5, 5.41) is 14.2. The van der Waals surface area contributed by atoms with Crippen molar-refractivity contribution < 1.29 is 55.6 Å². The molecule has 1 saturated heterocycles. The van der Waals surface area contributed by atoms with Crippen LogP contribution in [0, 0.1) is 0 Å². The average molecular weight is 629 g/mol. The number of halogens is 6. The van der Waals surface area contributed by atoms with E-state index >= 15 is 0 Å². The smallest absolute Gasteiger partial charge is 0.490 e. The number of methoxy groups -OCH3 is 1. The van der Waals surface area contributed by atoms with Crippen LogP contribution in [-0.4, -0.2) is 80.6 Å². The van der Waals surface area contributed by atoms with Crippen molar-refractivity contribution in [3.05, 3.63) is 84.6 Å². The van der Waals surface area contributed by atoms with Gasteiger partial charge in [0, 0.05) is 37.6 Å². The molecule has 1 unspecified atom stereocenters. The van der Waals surface area contributed by atoms with Gasteiger partial charge in [-0.2, -0.15) is 26.3 Å². The van der Waals surface area contributed by atoms with Crippen LogP contribution in [0.4, 0.5) is 26.3 Å². The lowest BCUT2D eigenvalue weighted by Gasteiger charge is -2.32. The molecular formula is C28H26F6N4O6. The highest BCUT2D eigenvalue weighted by molar-refractivity contribution is 5.73. The Labute approximate surface area is 246 Å². The van der Waals surface area contributed by atoms with Crippen LogP contribution in [0.3, 0.4) is 0 Å². The van der Waals surface area contributed by atoms with E-state index in [2.05, 4.69) is 44.6 Å².